The van der Waals surface area contributed by atoms with E-state index in [1.807, 2.05) is 0 Å². The summed E-state index contributed by atoms with van der Waals surface area (Å²) in [5.41, 5.74) is 0.795. The van der Waals surface area contributed by atoms with Crippen LogP contribution < -0.4 is 10.6 Å². The zero-order chi connectivity index (χ0) is 16.9. The lowest BCUT2D eigenvalue weighted by atomic mass is 10.00. The van der Waals surface area contributed by atoms with E-state index in [2.05, 4.69) is 88.2 Å². The Labute approximate surface area is 152 Å². The molecule has 0 radical (unpaired) electrons. The fraction of sp³-hybridized carbons (Fsp3) is 0.400. The first-order valence-electron chi connectivity index (χ1n) is 8.80. The first kappa shape index (κ1) is 18.5. The number of rotatable bonds is 6. The highest BCUT2D eigenvalue weighted by atomic mass is 32.0. The first-order chi connectivity index (χ1) is 11.7. The number of hydrogen-bond donors (Lipinski definition) is 0. The Kier molecular flexibility index (Phi) is 6.83. The summed E-state index contributed by atoms with van der Waals surface area (Å²) in [6.45, 7) is 2.43. The van der Waals surface area contributed by atoms with Gasteiger partial charge in [0.1, 0.15) is 0 Å². The van der Waals surface area contributed by atoms with Gasteiger partial charge in [0.05, 0.1) is 0 Å². The van der Waals surface area contributed by atoms with Gasteiger partial charge in [-0.05, 0) is 65.3 Å². The van der Waals surface area contributed by atoms with Crippen LogP contribution in [0.5, 0.6) is 0 Å². The van der Waals surface area contributed by atoms with Crippen LogP contribution in [0.15, 0.2) is 60.7 Å². The molecule has 2 aromatic carbocycles. The smallest absolute Gasteiger partial charge is 0.0138 e. The summed E-state index contributed by atoms with van der Waals surface area (Å²) in [7, 11) is 5.71. The summed E-state index contributed by atoms with van der Waals surface area (Å²) in [5.74, 6) is 0.801. The lowest BCUT2D eigenvalue weighted by Crippen LogP contribution is -2.36. The van der Waals surface area contributed by atoms with Gasteiger partial charge in [0, 0.05) is 6.04 Å². The van der Waals surface area contributed by atoms with Crippen molar-refractivity contribution >= 4 is 35.9 Å². The van der Waals surface area contributed by atoms with Crippen molar-refractivity contribution in [3.63, 3.8) is 0 Å². The zero-order valence-electron chi connectivity index (χ0n) is 14.6. The van der Waals surface area contributed by atoms with E-state index >= 15 is 0 Å². The van der Waals surface area contributed by atoms with Gasteiger partial charge in [-0.1, -0.05) is 76.0 Å². The highest BCUT2D eigenvalue weighted by Gasteiger charge is 2.38. The normalized spacial score (nSPS) is 22.7. The van der Waals surface area contributed by atoms with E-state index in [4.69, 9.17) is 0 Å². The molecule has 24 heavy (non-hydrogen) atoms. The third-order valence-corrected chi connectivity index (χ3v) is 10.4. The molecular weight excluding hydrogens is 347 g/mol. The molecule has 5 atom stereocenters. The van der Waals surface area contributed by atoms with Gasteiger partial charge < -0.3 is 0 Å². The minimum atomic E-state index is -0.284. The van der Waals surface area contributed by atoms with E-state index in [-0.39, 0.29) is 7.92 Å². The summed E-state index contributed by atoms with van der Waals surface area (Å²) in [6.07, 6.45) is 4.13. The molecule has 3 rings (SSSR count). The Bertz CT molecular complexity index is 580. The minimum absolute atomic E-state index is 0.284. The lowest BCUT2D eigenvalue weighted by Gasteiger charge is -2.36. The van der Waals surface area contributed by atoms with Crippen molar-refractivity contribution in [1.29, 1.82) is 0 Å². The van der Waals surface area contributed by atoms with Gasteiger partial charge in [-0.3, -0.25) is 4.67 Å². The van der Waals surface area contributed by atoms with Crippen molar-refractivity contribution in [3.05, 3.63) is 60.7 Å². The van der Waals surface area contributed by atoms with Crippen LogP contribution in [0.3, 0.4) is 0 Å². The predicted molar refractivity (Wildman–Crippen MR) is 115 cm³/mol. The maximum absolute atomic E-state index is 2.91. The van der Waals surface area contributed by atoms with E-state index in [0.717, 1.165) is 20.0 Å². The monoisotopic (exact) mass is 375 g/mol. The molecule has 2 aromatic rings. The number of benzene rings is 2. The Hall–Kier alpha value is -0.310. The Morgan fingerprint density at radius 1 is 1.00 bits per heavy atom. The second-order valence-corrected chi connectivity index (χ2v) is 10.9. The lowest BCUT2D eigenvalue weighted by molar-refractivity contribution is 0.311. The molecule has 0 amide bonds. The van der Waals surface area contributed by atoms with Gasteiger partial charge in [0.2, 0.25) is 0 Å². The van der Waals surface area contributed by atoms with Crippen molar-refractivity contribution in [2.75, 3.05) is 7.05 Å². The average molecular weight is 375 g/mol. The van der Waals surface area contributed by atoms with Gasteiger partial charge in [0.15, 0.2) is 0 Å². The molecule has 0 spiro atoms. The summed E-state index contributed by atoms with van der Waals surface area (Å²) in [6, 6.07) is 23.1. The maximum atomic E-state index is 2.91. The van der Waals surface area contributed by atoms with Gasteiger partial charge in [-0.15, -0.1) is 0 Å². The summed E-state index contributed by atoms with van der Waals surface area (Å²) in [5, 5.41) is 3.08. The fourth-order valence-corrected chi connectivity index (χ4v) is 8.37. The van der Waals surface area contributed by atoms with Crippen LogP contribution in [0.1, 0.15) is 26.2 Å². The minimum Gasteiger partial charge on any atom is -0.281 e. The van der Waals surface area contributed by atoms with Gasteiger partial charge in [-0.2, -0.15) is 0 Å². The maximum Gasteiger partial charge on any atom is 0.0138 e. The van der Waals surface area contributed by atoms with Crippen molar-refractivity contribution < 1.29 is 0 Å². The summed E-state index contributed by atoms with van der Waals surface area (Å²) in [4.78, 5) is 0. The largest absolute Gasteiger partial charge is 0.281 e. The van der Waals surface area contributed by atoms with Gasteiger partial charge in [0.25, 0.3) is 0 Å². The predicted octanol–water partition coefficient (Wildman–Crippen LogP) is 4.99. The third kappa shape index (κ3) is 4.08. The van der Waals surface area contributed by atoms with Crippen LogP contribution >= 0.6 is 25.3 Å². The molecule has 0 heterocycles. The number of nitrogens with zero attached hydrogens (tertiary/aromatic N) is 1. The van der Waals surface area contributed by atoms with Crippen LogP contribution in [0, 0.1) is 5.92 Å². The van der Waals surface area contributed by atoms with Crippen LogP contribution in [0.4, 0.5) is 0 Å². The Morgan fingerprint density at radius 3 is 2.04 bits per heavy atom. The molecule has 1 fully saturated rings. The van der Waals surface area contributed by atoms with Crippen molar-refractivity contribution in [2.45, 2.75) is 37.9 Å². The molecule has 1 aliphatic carbocycles. The second-order valence-electron chi connectivity index (χ2n) is 6.68. The molecule has 1 saturated carbocycles. The molecule has 4 unspecified atom stereocenters. The molecule has 0 N–H and O–H groups in total. The van der Waals surface area contributed by atoms with Crippen LogP contribution in [-0.4, -0.2) is 23.4 Å². The Morgan fingerprint density at radius 2 is 1.54 bits per heavy atom. The molecule has 0 aromatic heterocycles. The van der Waals surface area contributed by atoms with E-state index < -0.39 is 0 Å². The quantitative estimate of drug-likeness (QED) is 0.643. The van der Waals surface area contributed by atoms with Crippen LogP contribution in [-0.2, 0) is 0 Å². The van der Waals surface area contributed by atoms with Gasteiger partial charge >= 0.3 is 0 Å². The molecule has 128 valence electrons. The first-order valence-corrected chi connectivity index (χ1v) is 13.0. The van der Waals surface area contributed by atoms with Crippen molar-refractivity contribution in [3.8, 4) is 0 Å². The van der Waals surface area contributed by atoms with Crippen LogP contribution in [0.25, 0.3) is 0 Å². The van der Waals surface area contributed by atoms with Crippen LogP contribution in [0.2, 0.25) is 0 Å². The SMILES string of the molecule is C[C@H](C1CCCC1P(c1ccccc1)c1ccccc1)N(C)PP. The van der Waals surface area contributed by atoms with E-state index in [9.17, 15) is 0 Å². The molecule has 0 saturated heterocycles. The highest BCUT2D eigenvalue weighted by Crippen LogP contribution is 2.52. The Balaban J connectivity index is 1.96. The van der Waals surface area contributed by atoms with Crippen molar-refractivity contribution in [2.24, 2.45) is 5.92 Å². The molecule has 0 aliphatic heterocycles. The summed E-state index contributed by atoms with van der Waals surface area (Å²) >= 11 is 0. The molecule has 1 aliphatic rings. The van der Waals surface area contributed by atoms with E-state index in [0.29, 0.717) is 6.04 Å². The zero-order valence-corrected chi connectivity index (χ0v) is 17.6. The van der Waals surface area contributed by atoms with E-state index in [1.54, 1.807) is 10.6 Å². The molecule has 1 nitrogen and oxygen atoms in total. The second kappa shape index (κ2) is 8.87. The standard InChI is InChI=1S/C20H28NP3/c1-16(21(2)23-22)19-14-9-15-20(19)24(17-10-5-3-6-11-17)18-12-7-4-8-13-18/h3-8,10-13,16,19-20,23H,9,14-15,22H2,1-2H3/t16-,19?,20?/m1/s1. The van der Waals surface area contributed by atoms with E-state index in [1.165, 1.54) is 19.3 Å². The molecule has 4 heteroatoms. The average Bonchev–Trinajstić information content (AvgIpc) is 3.11. The number of hydrogen-bond acceptors (Lipinski definition) is 1. The summed E-state index contributed by atoms with van der Waals surface area (Å²) < 4.78 is 2.52. The topological polar surface area (TPSA) is 3.24 Å². The van der Waals surface area contributed by atoms with Crippen molar-refractivity contribution in [1.82, 2.24) is 4.67 Å². The highest BCUT2D eigenvalue weighted by molar-refractivity contribution is 8.01. The van der Waals surface area contributed by atoms with Gasteiger partial charge in [-0.25, -0.2) is 0 Å². The fourth-order valence-electron chi connectivity index (χ4n) is 3.97. The molecular formula is C20H28NP3. The molecule has 0 bridgehead atoms. The third-order valence-electron chi connectivity index (χ3n) is 5.37.